The first kappa shape index (κ1) is 16.9. The van der Waals surface area contributed by atoms with E-state index in [1.54, 1.807) is 11.4 Å². The van der Waals surface area contributed by atoms with Crippen molar-refractivity contribution in [1.82, 2.24) is 9.62 Å². The number of nitrogens with zero attached hydrogens (tertiary/aromatic N) is 1. The van der Waals surface area contributed by atoms with Crippen LogP contribution < -0.4 is 5.32 Å². The van der Waals surface area contributed by atoms with E-state index < -0.39 is 10.0 Å². The molecule has 0 saturated carbocycles. The lowest BCUT2D eigenvalue weighted by atomic mass is 10.1. The number of nitrogens with one attached hydrogen (secondary N) is 1. The number of carbonyl (C=O) groups is 1. The molecule has 0 spiro atoms. The van der Waals surface area contributed by atoms with Crippen molar-refractivity contribution in [3.05, 3.63) is 15.9 Å². The Balaban J connectivity index is 1.95. The topological polar surface area (TPSA) is 66.5 Å². The van der Waals surface area contributed by atoms with Crippen molar-refractivity contribution in [2.24, 2.45) is 0 Å². The fraction of sp³-hybridized carbons (Fsp3) is 0.615. The van der Waals surface area contributed by atoms with E-state index in [-0.39, 0.29) is 11.9 Å². The molecule has 1 saturated heterocycles. The van der Waals surface area contributed by atoms with Gasteiger partial charge in [-0.25, -0.2) is 8.42 Å². The minimum absolute atomic E-state index is 0.0554. The Morgan fingerprint density at radius 2 is 2.14 bits per heavy atom. The SMILES string of the molecule is CCCC(=O)NC1CCN(S(=O)(=O)c2sccc2Br)CC1. The van der Waals surface area contributed by atoms with Crippen molar-refractivity contribution in [2.75, 3.05) is 13.1 Å². The van der Waals surface area contributed by atoms with Crippen molar-refractivity contribution < 1.29 is 13.2 Å². The van der Waals surface area contributed by atoms with Crippen LogP contribution in [0, 0.1) is 0 Å². The minimum Gasteiger partial charge on any atom is -0.353 e. The summed E-state index contributed by atoms with van der Waals surface area (Å²) in [7, 11) is -3.42. The van der Waals surface area contributed by atoms with E-state index in [9.17, 15) is 13.2 Å². The van der Waals surface area contributed by atoms with E-state index in [0.717, 1.165) is 6.42 Å². The van der Waals surface area contributed by atoms with Crippen LogP contribution in [0.25, 0.3) is 0 Å². The van der Waals surface area contributed by atoms with Crippen molar-refractivity contribution >= 4 is 43.2 Å². The summed E-state index contributed by atoms with van der Waals surface area (Å²) in [5, 5.41) is 4.73. The van der Waals surface area contributed by atoms with Crippen molar-refractivity contribution in [2.45, 2.75) is 42.9 Å². The molecule has 0 aliphatic carbocycles. The van der Waals surface area contributed by atoms with Crippen LogP contribution in [-0.2, 0) is 14.8 Å². The van der Waals surface area contributed by atoms with E-state index in [1.165, 1.54) is 15.6 Å². The number of sulfonamides is 1. The molecule has 1 aliphatic rings. The van der Waals surface area contributed by atoms with Gasteiger partial charge < -0.3 is 5.32 Å². The second-order valence-corrected chi connectivity index (χ2v) is 8.96. The predicted octanol–water partition coefficient (Wildman–Crippen LogP) is 2.58. The first-order valence-corrected chi connectivity index (χ1v) is 10.1. The first-order valence-electron chi connectivity index (χ1n) is 6.97. The first-order chi connectivity index (χ1) is 9.95. The molecule has 2 heterocycles. The maximum atomic E-state index is 12.5. The molecule has 2 rings (SSSR count). The Morgan fingerprint density at radius 1 is 1.48 bits per heavy atom. The molecule has 0 aromatic carbocycles. The average molecular weight is 395 g/mol. The Kier molecular flexibility index (Phi) is 5.81. The lowest BCUT2D eigenvalue weighted by Crippen LogP contribution is -2.46. The lowest BCUT2D eigenvalue weighted by Gasteiger charge is -2.31. The van der Waals surface area contributed by atoms with Gasteiger partial charge in [0.1, 0.15) is 4.21 Å². The maximum Gasteiger partial charge on any atom is 0.253 e. The van der Waals surface area contributed by atoms with Gasteiger partial charge in [-0.1, -0.05) is 6.92 Å². The summed E-state index contributed by atoms with van der Waals surface area (Å²) in [5.74, 6) is 0.0554. The van der Waals surface area contributed by atoms with E-state index >= 15 is 0 Å². The normalized spacial score (nSPS) is 17.8. The van der Waals surface area contributed by atoms with Crippen LogP contribution in [0.5, 0.6) is 0 Å². The van der Waals surface area contributed by atoms with Gasteiger partial charge in [0.15, 0.2) is 0 Å². The highest BCUT2D eigenvalue weighted by atomic mass is 79.9. The van der Waals surface area contributed by atoms with Crippen LogP contribution in [0.4, 0.5) is 0 Å². The Hall–Kier alpha value is -0.440. The number of carbonyl (C=O) groups excluding carboxylic acids is 1. The van der Waals surface area contributed by atoms with Gasteiger partial charge in [0.25, 0.3) is 10.0 Å². The molecule has 1 amide bonds. The molecule has 1 aliphatic heterocycles. The lowest BCUT2D eigenvalue weighted by molar-refractivity contribution is -0.122. The highest BCUT2D eigenvalue weighted by Crippen LogP contribution is 2.31. The summed E-state index contributed by atoms with van der Waals surface area (Å²) in [6.07, 6.45) is 2.68. The molecule has 1 aromatic rings. The van der Waals surface area contributed by atoms with E-state index in [4.69, 9.17) is 0 Å². The van der Waals surface area contributed by atoms with Gasteiger partial charge in [0.05, 0.1) is 0 Å². The molecule has 118 valence electrons. The number of hydrogen-bond acceptors (Lipinski definition) is 4. The number of halogens is 1. The zero-order valence-corrected chi connectivity index (χ0v) is 15.1. The van der Waals surface area contributed by atoms with Crippen LogP contribution in [0.15, 0.2) is 20.1 Å². The Labute approximate surface area is 137 Å². The molecule has 21 heavy (non-hydrogen) atoms. The Morgan fingerprint density at radius 3 is 2.67 bits per heavy atom. The standard InChI is InChI=1S/C13H19BrN2O3S2/c1-2-3-12(17)15-10-4-7-16(8-5-10)21(18,19)13-11(14)6-9-20-13/h6,9-10H,2-5,7-8H2,1H3,(H,15,17). The van der Waals surface area contributed by atoms with Crippen molar-refractivity contribution in [3.63, 3.8) is 0 Å². The highest BCUT2D eigenvalue weighted by molar-refractivity contribution is 9.10. The maximum absolute atomic E-state index is 12.5. The third kappa shape index (κ3) is 4.06. The van der Waals surface area contributed by atoms with Crippen LogP contribution in [0.3, 0.4) is 0 Å². The summed E-state index contributed by atoms with van der Waals surface area (Å²) in [4.78, 5) is 11.6. The quantitative estimate of drug-likeness (QED) is 0.834. The van der Waals surface area contributed by atoms with Gasteiger partial charge in [-0.3, -0.25) is 4.79 Å². The molecule has 0 unspecified atom stereocenters. The van der Waals surface area contributed by atoms with E-state index in [1.807, 2.05) is 6.92 Å². The summed E-state index contributed by atoms with van der Waals surface area (Å²) in [6, 6.07) is 1.83. The second-order valence-electron chi connectivity index (χ2n) is 5.05. The minimum atomic E-state index is -3.42. The van der Waals surface area contributed by atoms with E-state index in [2.05, 4.69) is 21.2 Å². The van der Waals surface area contributed by atoms with Crippen LogP contribution in [-0.4, -0.2) is 37.8 Å². The molecule has 1 aromatic heterocycles. The van der Waals surface area contributed by atoms with E-state index in [0.29, 0.717) is 41.0 Å². The third-order valence-corrected chi connectivity index (χ3v) is 8.00. The summed E-state index contributed by atoms with van der Waals surface area (Å²) in [6.45, 7) is 2.86. The van der Waals surface area contributed by atoms with Gasteiger partial charge in [-0.2, -0.15) is 4.31 Å². The van der Waals surface area contributed by atoms with Gasteiger partial charge in [-0.15, -0.1) is 11.3 Å². The molecule has 0 atom stereocenters. The molecule has 5 nitrogen and oxygen atoms in total. The average Bonchev–Trinajstić information content (AvgIpc) is 2.86. The second kappa shape index (κ2) is 7.21. The molecular formula is C13H19BrN2O3S2. The zero-order valence-electron chi connectivity index (χ0n) is 11.8. The molecule has 1 N–H and O–H groups in total. The van der Waals surface area contributed by atoms with Crippen molar-refractivity contribution in [1.29, 1.82) is 0 Å². The summed E-state index contributed by atoms with van der Waals surface area (Å²) >= 11 is 4.50. The van der Waals surface area contributed by atoms with Crippen LogP contribution in [0.1, 0.15) is 32.6 Å². The fourth-order valence-electron chi connectivity index (χ4n) is 2.35. The predicted molar refractivity (Wildman–Crippen MR) is 86.9 cm³/mol. The molecular weight excluding hydrogens is 376 g/mol. The summed E-state index contributed by atoms with van der Waals surface area (Å²) < 4.78 is 27.5. The largest absolute Gasteiger partial charge is 0.353 e. The monoisotopic (exact) mass is 394 g/mol. The van der Waals surface area contributed by atoms with Gasteiger partial charge in [0, 0.05) is 30.0 Å². The molecule has 1 fully saturated rings. The van der Waals surface area contributed by atoms with Gasteiger partial charge >= 0.3 is 0 Å². The Bertz CT molecular complexity index is 592. The number of thiophene rings is 1. The van der Waals surface area contributed by atoms with Gasteiger partial charge in [0.2, 0.25) is 5.91 Å². The smallest absolute Gasteiger partial charge is 0.253 e. The van der Waals surface area contributed by atoms with Crippen LogP contribution >= 0.6 is 27.3 Å². The number of rotatable bonds is 5. The zero-order chi connectivity index (χ0) is 15.5. The molecule has 0 radical (unpaired) electrons. The number of hydrogen-bond donors (Lipinski definition) is 1. The molecule has 0 bridgehead atoms. The van der Waals surface area contributed by atoms with Crippen molar-refractivity contribution in [3.8, 4) is 0 Å². The summed E-state index contributed by atoms with van der Waals surface area (Å²) in [5.41, 5.74) is 0. The van der Waals surface area contributed by atoms with Gasteiger partial charge in [-0.05, 0) is 46.6 Å². The molecule has 8 heteroatoms. The third-order valence-electron chi connectivity index (χ3n) is 3.45. The highest BCUT2D eigenvalue weighted by Gasteiger charge is 2.31. The number of amides is 1. The fourth-order valence-corrected chi connectivity index (χ4v) is 6.27. The number of piperidine rings is 1. The van der Waals surface area contributed by atoms with Crippen LogP contribution in [0.2, 0.25) is 0 Å².